The zero-order chi connectivity index (χ0) is 11.7. The van der Waals surface area contributed by atoms with Crippen LogP contribution in [0.5, 0.6) is 5.75 Å². The fraction of sp³-hybridized carbons (Fsp3) is 0.273. The summed E-state index contributed by atoms with van der Waals surface area (Å²) in [6, 6.07) is 4.16. The number of benzene rings is 1. The zero-order valence-corrected chi connectivity index (χ0v) is 8.69. The van der Waals surface area contributed by atoms with Gasteiger partial charge in [-0.05, 0) is 19.1 Å². The molecule has 1 aliphatic rings. The molecule has 2 N–H and O–H groups in total. The average Bonchev–Trinajstić information content (AvgIpc) is 2.39. The standard InChI is InChI=1S/C11H11NO4/c1-6-2-3-9-7(4-6)10(13)12-8(5-16-9)11(14)15/h2-4,8H,5H2,1H3,(H,12,13)(H,14,15). The van der Waals surface area contributed by atoms with Gasteiger partial charge in [-0.15, -0.1) is 0 Å². The van der Waals surface area contributed by atoms with Crippen molar-refractivity contribution in [2.45, 2.75) is 13.0 Å². The lowest BCUT2D eigenvalue weighted by Gasteiger charge is -2.09. The summed E-state index contributed by atoms with van der Waals surface area (Å²) >= 11 is 0. The van der Waals surface area contributed by atoms with Crippen molar-refractivity contribution < 1.29 is 19.4 Å². The van der Waals surface area contributed by atoms with Crippen LogP contribution in [0.15, 0.2) is 18.2 Å². The Morgan fingerprint density at radius 3 is 3.00 bits per heavy atom. The number of hydrogen-bond donors (Lipinski definition) is 2. The van der Waals surface area contributed by atoms with Crippen LogP contribution in [-0.4, -0.2) is 29.6 Å². The molecule has 0 aromatic heterocycles. The fourth-order valence-electron chi connectivity index (χ4n) is 1.53. The molecule has 5 nitrogen and oxygen atoms in total. The Bertz CT molecular complexity index is 455. The van der Waals surface area contributed by atoms with Crippen LogP contribution in [0.4, 0.5) is 0 Å². The van der Waals surface area contributed by atoms with Crippen LogP contribution in [0.25, 0.3) is 0 Å². The maximum Gasteiger partial charge on any atom is 0.329 e. The first-order chi connectivity index (χ1) is 7.58. The van der Waals surface area contributed by atoms with E-state index in [2.05, 4.69) is 5.32 Å². The summed E-state index contributed by atoms with van der Waals surface area (Å²) in [5.74, 6) is -1.09. The molecule has 0 fully saturated rings. The summed E-state index contributed by atoms with van der Waals surface area (Å²) in [5, 5.41) is 11.2. The van der Waals surface area contributed by atoms with Crippen LogP contribution in [0.3, 0.4) is 0 Å². The van der Waals surface area contributed by atoms with Gasteiger partial charge in [-0.1, -0.05) is 11.6 Å². The number of amides is 1. The third-order valence-electron chi connectivity index (χ3n) is 2.39. The number of aryl methyl sites for hydroxylation is 1. The SMILES string of the molecule is Cc1ccc2c(c1)C(=O)NC(C(=O)O)CO2. The molecule has 1 unspecified atom stereocenters. The van der Waals surface area contributed by atoms with Crippen LogP contribution in [-0.2, 0) is 4.79 Å². The lowest BCUT2D eigenvalue weighted by molar-refractivity contribution is -0.139. The largest absolute Gasteiger partial charge is 0.490 e. The van der Waals surface area contributed by atoms with Crippen molar-refractivity contribution in [3.63, 3.8) is 0 Å². The van der Waals surface area contributed by atoms with Crippen molar-refractivity contribution in [2.24, 2.45) is 0 Å². The zero-order valence-electron chi connectivity index (χ0n) is 8.69. The molecule has 84 valence electrons. The van der Waals surface area contributed by atoms with Crippen LogP contribution < -0.4 is 10.1 Å². The minimum atomic E-state index is -1.10. The molecule has 1 amide bonds. The van der Waals surface area contributed by atoms with Gasteiger partial charge in [-0.3, -0.25) is 4.79 Å². The van der Waals surface area contributed by atoms with E-state index < -0.39 is 17.9 Å². The summed E-state index contributed by atoms with van der Waals surface area (Å²) in [5.41, 5.74) is 1.30. The summed E-state index contributed by atoms with van der Waals surface area (Å²) in [6.45, 7) is 1.80. The molecule has 0 saturated carbocycles. The first-order valence-corrected chi connectivity index (χ1v) is 4.85. The molecule has 1 atom stereocenters. The Labute approximate surface area is 92.0 Å². The van der Waals surface area contributed by atoms with E-state index >= 15 is 0 Å². The van der Waals surface area contributed by atoms with Gasteiger partial charge in [-0.25, -0.2) is 4.79 Å². The van der Waals surface area contributed by atoms with Crippen LogP contribution >= 0.6 is 0 Å². The average molecular weight is 221 g/mol. The van der Waals surface area contributed by atoms with E-state index in [1.165, 1.54) is 0 Å². The number of rotatable bonds is 1. The normalized spacial score (nSPS) is 19.1. The topological polar surface area (TPSA) is 75.6 Å². The molecule has 0 spiro atoms. The minimum Gasteiger partial charge on any atom is -0.490 e. The third kappa shape index (κ3) is 1.84. The van der Waals surface area contributed by atoms with E-state index in [1.807, 2.05) is 13.0 Å². The van der Waals surface area contributed by atoms with Crippen molar-refractivity contribution in [1.82, 2.24) is 5.32 Å². The van der Waals surface area contributed by atoms with Crippen molar-refractivity contribution in [2.75, 3.05) is 6.61 Å². The highest BCUT2D eigenvalue weighted by molar-refractivity contribution is 5.99. The lowest BCUT2D eigenvalue weighted by Crippen LogP contribution is -2.42. The number of carboxylic acids is 1. The highest BCUT2D eigenvalue weighted by Gasteiger charge is 2.27. The summed E-state index contributed by atoms with van der Waals surface area (Å²) < 4.78 is 5.28. The van der Waals surface area contributed by atoms with E-state index in [4.69, 9.17) is 9.84 Å². The Hall–Kier alpha value is -2.04. The van der Waals surface area contributed by atoms with Gasteiger partial charge in [0.05, 0.1) is 5.56 Å². The summed E-state index contributed by atoms with van der Waals surface area (Å²) in [4.78, 5) is 22.5. The molecular formula is C11H11NO4. The quantitative estimate of drug-likeness (QED) is 0.727. The maximum absolute atomic E-state index is 11.7. The first kappa shape index (κ1) is 10.5. The first-order valence-electron chi connectivity index (χ1n) is 4.85. The van der Waals surface area contributed by atoms with Crippen molar-refractivity contribution in [3.8, 4) is 5.75 Å². The van der Waals surface area contributed by atoms with E-state index in [1.54, 1.807) is 12.1 Å². The summed E-state index contributed by atoms with van der Waals surface area (Å²) in [7, 11) is 0. The number of fused-ring (bicyclic) bond motifs is 1. The maximum atomic E-state index is 11.7. The number of carbonyl (C=O) groups is 2. The highest BCUT2D eigenvalue weighted by Crippen LogP contribution is 2.22. The second-order valence-electron chi connectivity index (χ2n) is 3.67. The number of carbonyl (C=O) groups excluding carboxylic acids is 1. The number of carboxylic acid groups (broad SMARTS) is 1. The minimum absolute atomic E-state index is 0.0584. The van der Waals surface area contributed by atoms with Crippen LogP contribution in [0.1, 0.15) is 15.9 Å². The summed E-state index contributed by atoms with van der Waals surface area (Å²) in [6.07, 6.45) is 0. The molecule has 1 aromatic rings. The fourth-order valence-corrected chi connectivity index (χ4v) is 1.53. The Morgan fingerprint density at radius 2 is 2.31 bits per heavy atom. The monoisotopic (exact) mass is 221 g/mol. The molecule has 0 saturated heterocycles. The van der Waals surface area contributed by atoms with Gasteiger partial charge in [0, 0.05) is 0 Å². The van der Waals surface area contributed by atoms with Gasteiger partial charge in [-0.2, -0.15) is 0 Å². The molecule has 1 heterocycles. The second kappa shape index (κ2) is 3.84. The predicted octanol–water partition coefficient (Wildman–Crippen LogP) is 0.570. The van der Waals surface area contributed by atoms with E-state index in [-0.39, 0.29) is 6.61 Å². The molecule has 1 aliphatic heterocycles. The van der Waals surface area contributed by atoms with E-state index in [0.29, 0.717) is 11.3 Å². The van der Waals surface area contributed by atoms with E-state index in [0.717, 1.165) is 5.56 Å². The predicted molar refractivity (Wildman–Crippen MR) is 55.6 cm³/mol. The van der Waals surface area contributed by atoms with Crippen molar-refractivity contribution in [1.29, 1.82) is 0 Å². The van der Waals surface area contributed by atoms with Crippen molar-refractivity contribution >= 4 is 11.9 Å². The molecule has 16 heavy (non-hydrogen) atoms. The molecule has 0 aliphatic carbocycles. The highest BCUT2D eigenvalue weighted by atomic mass is 16.5. The third-order valence-corrected chi connectivity index (χ3v) is 2.39. The smallest absolute Gasteiger partial charge is 0.329 e. The van der Waals surface area contributed by atoms with Gasteiger partial charge in [0.25, 0.3) is 5.91 Å². The molecule has 0 bridgehead atoms. The molecule has 2 rings (SSSR count). The Kier molecular flexibility index (Phi) is 2.52. The van der Waals surface area contributed by atoms with Gasteiger partial charge < -0.3 is 15.2 Å². The van der Waals surface area contributed by atoms with E-state index in [9.17, 15) is 9.59 Å². The molecular weight excluding hydrogens is 210 g/mol. The number of aliphatic carboxylic acids is 1. The van der Waals surface area contributed by atoms with Crippen LogP contribution in [0.2, 0.25) is 0 Å². The van der Waals surface area contributed by atoms with Crippen molar-refractivity contribution in [3.05, 3.63) is 29.3 Å². The van der Waals surface area contributed by atoms with Gasteiger partial charge in [0.2, 0.25) is 0 Å². The number of nitrogens with one attached hydrogen (secondary N) is 1. The number of ether oxygens (including phenoxy) is 1. The van der Waals surface area contributed by atoms with Gasteiger partial charge >= 0.3 is 5.97 Å². The number of hydrogen-bond acceptors (Lipinski definition) is 3. The second-order valence-corrected chi connectivity index (χ2v) is 3.67. The van der Waals surface area contributed by atoms with Gasteiger partial charge in [0.15, 0.2) is 6.04 Å². The lowest BCUT2D eigenvalue weighted by atomic mass is 10.1. The Balaban J connectivity index is 2.36. The molecule has 5 heteroatoms. The van der Waals surface area contributed by atoms with Gasteiger partial charge in [0.1, 0.15) is 12.4 Å². The molecule has 0 radical (unpaired) electrons. The molecule has 1 aromatic carbocycles. The Morgan fingerprint density at radius 1 is 1.56 bits per heavy atom. The van der Waals surface area contributed by atoms with Crippen LogP contribution in [0, 0.1) is 6.92 Å².